The maximum atomic E-state index is 5.67. The molecule has 0 amide bonds. The summed E-state index contributed by atoms with van der Waals surface area (Å²) in [5.74, 6) is 3.61. The lowest BCUT2D eigenvalue weighted by molar-refractivity contribution is 0.377. The molecule has 0 radical (unpaired) electrons. The second-order valence-corrected chi connectivity index (χ2v) is 9.15. The van der Waals surface area contributed by atoms with Gasteiger partial charge < -0.3 is 28.8 Å². The van der Waals surface area contributed by atoms with Crippen molar-refractivity contribution in [2.45, 2.75) is 25.2 Å². The first kappa shape index (κ1) is 25.2. The number of fused-ring (bicyclic) bond motifs is 1. The molecule has 0 bridgehead atoms. The van der Waals surface area contributed by atoms with Crippen molar-refractivity contribution in [2.24, 2.45) is 0 Å². The zero-order chi connectivity index (χ0) is 26.6. The highest BCUT2D eigenvalue weighted by Gasteiger charge is 2.19. The molecule has 0 spiro atoms. The standard InChI is InChI=1S/C26H27N7O4S/c1-6-16-9-23(31-30-16)29-18-11-19-17(10-20(18)34-3)26(32-37-19)33-38-24-21(35-4)7-15(8-22(24)36-5)25-27-12-14(2)13-28-25/h7-13H,6H2,1-5H3,(H,32,33)(H2,29,30,31). The van der Waals surface area contributed by atoms with Crippen LogP contribution in [-0.2, 0) is 6.42 Å². The molecule has 5 aromatic rings. The monoisotopic (exact) mass is 533 g/mol. The largest absolute Gasteiger partial charge is 0.495 e. The first-order chi connectivity index (χ1) is 18.5. The number of anilines is 3. The highest BCUT2D eigenvalue weighted by Crippen LogP contribution is 2.42. The molecule has 3 N–H and O–H groups in total. The molecule has 3 heterocycles. The summed E-state index contributed by atoms with van der Waals surface area (Å²) < 4.78 is 25.8. The number of methoxy groups -OCH3 is 3. The lowest BCUT2D eigenvalue weighted by Crippen LogP contribution is -1.98. The minimum atomic E-state index is 0.526. The molecule has 38 heavy (non-hydrogen) atoms. The zero-order valence-electron chi connectivity index (χ0n) is 21.6. The van der Waals surface area contributed by atoms with Gasteiger partial charge in [0, 0.05) is 35.8 Å². The summed E-state index contributed by atoms with van der Waals surface area (Å²) in [6, 6.07) is 9.38. The lowest BCUT2D eigenvalue weighted by Gasteiger charge is -2.15. The summed E-state index contributed by atoms with van der Waals surface area (Å²) in [6.45, 7) is 4.00. The molecule has 0 saturated heterocycles. The maximum Gasteiger partial charge on any atom is 0.187 e. The fourth-order valence-electron chi connectivity index (χ4n) is 3.80. The maximum absolute atomic E-state index is 5.67. The number of benzene rings is 2. The normalized spacial score (nSPS) is 11.0. The molecule has 0 aliphatic heterocycles. The van der Waals surface area contributed by atoms with Crippen molar-refractivity contribution in [3.05, 3.63) is 54.0 Å². The Morgan fingerprint density at radius 1 is 0.947 bits per heavy atom. The Morgan fingerprint density at radius 2 is 1.66 bits per heavy atom. The van der Waals surface area contributed by atoms with Gasteiger partial charge in [-0.15, -0.1) is 0 Å². The van der Waals surface area contributed by atoms with Gasteiger partial charge in [-0.1, -0.05) is 12.1 Å². The van der Waals surface area contributed by atoms with Crippen LogP contribution in [-0.4, -0.2) is 46.7 Å². The van der Waals surface area contributed by atoms with E-state index in [1.165, 1.54) is 11.9 Å². The molecule has 0 aliphatic rings. The van der Waals surface area contributed by atoms with E-state index in [9.17, 15) is 0 Å². The molecule has 0 unspecified atom stereocenters. The fraction of sp³-hybridized carbons (Fsp3) is 0.231. The minimum Gasteiger partial charge on any atom is -0.495 e. The summed E-state index contributed by atoms with van der Waals surface area (Å²) in [4.78, 5) is 9.56. The molecule has 0 atom stereocenters. The number of nitrogens with zero attached hydrogens (tertiary/aromatic N) is 4. The van der Waals surface area contributed by atoms with Crippen LogP contribution in [0.2, 0.25) is 0 Å². The third kappa shape index (κ3) is 5.02. The molecule has 11 nitrogen and oxygen atoms in total. The molecule has 2 aromatic carbocycles. The predicted octanol–water partition coefficient (Wildman–Crippen LogP) is 5.77. The van der Waals surface area contributed by atoms with Crippen molar-refractivity contribution < 1.29 is 18.7 Å². The highest BCUT2D eigenvalue weighted by atomic mass is 32.2. The summed E-state index contributed by atoms with van der Waals surface area (Å²) in [7, 11) is 4.82. The van der Waals surface area contributed by atoms with Crippen molar-refractivity contribution in [3.8, 4) is 28.6 Å². The fourth-order valence-corrected chi connectivity index (χ4v) is 4.63. The average Bonchev–Trinajstić information content (AvgIpc) is 3.57. The number of ether oxygens (including phenoxy) is 3. The van der Waals surface area contributed by atoms with Crippen LogP contribution >= 0.6 is 11.9 Å². The number of H-pyrrole nitrogens is 1. The topological polar surface area (TPSA) is 132 Å². The van der Waals surface area contributed by atoms with Crippen molar-refractivity contribution in [2.75, 3.05) is 31.4 Å². The SMILES string of the molecule is CCc1cc(Nc2cc3onc(NSc4c(OC)cc(-c5ncc(C)cn5)cc4OC)c3cc2OC)n[nH]1. The van der Waals surface area contributed by atoms with Crippen LogP contribution in [0.1, 0.15) is 18.2 Å². The molecule has 196 valence electrons. The molecule has 0 aliphatic carbocycles. The second kappa shape index (κ2) is 10.9. The van der Waals surface area contributed by atoms with Crippen LogP contribution in [0, 0.1) is 6.92 Å². The molecular formula is C26H27N7O4S. The van der Waals surface area contributed by atoms with Gasteiger partial charge in [0.1, 0.15) is 22.1 Å². The van der Waals surface area contributed by atoms with Crippen LogP contribution < -0.4 is 24.2 Å². The van der Waals surface area contributed by atoms with Crippen molar-refractivity contribution >= 4 is 40.2 Å². The van der Waals surface area contributed by atoms with Gasteiger partial charge in [-0.2, -0.15) is 5.10 Å². The van der Waals surface area contributed by atoms with Gasteiger partial charge in [0.2, 0.25) is 0 Å². The Hall–Kier alpha value is -4.45. The summed E-state index contributed by atoms with van der Waals surface area (Å²) >= 11 is 1.29. The van der Waals surface area contributed by atoms with E-state index in [-0.39, 0.29) is 0 Å². The number of hydrogen-bond donors (Lipinski definition) is 3. The first-order valence-corrected chi connectivity index (χ1v) is 12.6. The lowest BCUT2D eigenvalue weighted by atomic mass is 10.2. The molecule has 12 heteroatoms. The first-order valence-electron chi connectivity index (χ1n) is 11.8. The van der Waals surface area contributed by atoms with E-state index >= 15 is 0 Å². The van der Waals surface area contributed by atoms with Gasteiger partial charge in [0.25, 0.3) is 0 Å². The Bertz CT molecular complexity index is 1540. The predicted molar refractivity (Wildman–Crippen MR) is 147 cm³/mol. The van der Waals surface area contributed by atoms with Crippen LogP contribution in [0.15, 0.2) is 52.1 Å². The molecular weight excluding hydrogens is 506 g/mol. The number of aromatic amines is 1. The Labute approximate surface area is 223 Å². The van der Waals surface area contributed by atoms with E-state index in [2.05, 4.69) is 42.3 Å². The number of rotatable bonds is 10. The van der Waals surface area contributed by atoms with Crippen molar-refractivity contribution in [1.82, 2.24) is 25.3 Å². The molecule has 0 fully saturated rings. The summed E-state index contributed by atoms with van der Waals surface area (Å²) in [5.41, 5.74) is 4.08. The Morgan fingerprint density at radius 3 is 2.29 bits per heavy atom. The summed E-state index contributed by atoms with van der Waals surface area (Å²) in [6.07, 6.45) is 4.40. The smallest absolute Gasteiger partial charge is 0.187 e. The number of aromatic nitrogens is 5. The molecule has 5 rings (SSSR count). The van der Waals surface area contributed by atoms with Crippen LogP contribution in [0.25, 0.3) is 22.4 Å². The summed E-state index contributed by atoms with van der Waals surface area (Å²) in [5, 5.41) is 15.5. The number of hydrogen-bond acceptors (Lipinski definition) is 11. The van der Waals surface area contributed by atoms with E-state index in [0.29, 0.717) is 46.0 Å². The molecule has 3 aromatic heterocycles. The van der Waals surface area contributed by atoms with Gasteiger partial charge in [-0.05, 0) is 49.1 Å². The number of aryl methyl sites for hydroxylation is 2. The van der Waals surface area contributed by atoms with E-state index in [0.717, 1.165) is 33.5 Å². The second-order valence-electron chi connectivity index (χ2n) is 8.33. The quantitative estimate of drug-likeness (QED) is 0.189. The van der Waals surface area contributed by atoms with E-state index in [1.54, 1.807) is 33.7 Å². The van der Waals surface area contributed by atoms with Crippen LogP contribution in [0.4, 0.5) is 17.3 Å². The van der Waals surface area contributed by atoms with Crippen molar-refractivity contribution in [3.63, 3.8) is 0 Å². The zero-order valence-corrected chi connectivity index (χ0v) is 22.4. The van der Waals surface area contributed by atoms with Gasteiger partial charge in [0.15, 0.2) is 23.0 Å². The van der Waals surface area contributed by atoms with Crippen LogP contribution in [0.5, 0.6) is 17.2 Å². The van der Waals surface area contributed by atoms with Gasteiger partial charge in [0.05, 0.1) is 32.4 Å². The van der Waals surface area contributed by atoms with Gasteiger partial charge >= 0.3 is 0 Å². The van der Waals surface area contributed by atoms with E-state index < -0.39 is 0 Å². The average molecular weight is 534 g/mol. The third-order valence-corrected chi connectivity index (χ3v) is 6.72. The van der Waals surface area contributed by atoms with Gasteiger partial charge in [-0.25, -0.2) is 9.97 Å². The van der Waals surface area contributed by atoms with Gasteiger partial charge in [-0.3, -0.25) is 5.10 Å². The Kier molecular flexibility index (Phi) is 7.22. The van der Waals surface area contributed by atoms with Crippen LogP contribution in [0.3, 0.4) is 0 Å². The Balaban J connectivity index is 1.41. The van der Waals surface area contributed by atoms with E-state index in [4.69, 9.17) is 18.7 Å². The number of nitrogens with one attached hydrogen (secondary N) is 3. The minimum absolute atomic E-state index is 0.526. The van der Waals surface area contributed by atoms with E-state index in [1.807, 2.05) is 37.3 Å². The third-order valence-electron chi connectivity index (χ3n) is 5.82. The molecule has 0 saturated carbocycles. The highest BCUT2D eigenvalue weighted by molar-refractivity contribution is 8.00. The van der Waals surface area contributed by atoms with Crippen molar-refractivity contribution in [1.29, 1.82) is 0 Å².